The molecule has 114 valence electrons. The zero-order chi connectivity index (χ0) is 15.9. The minimum atomic E-state index is 0.0246. The molecule has 1 heterocycles. The van der Waals surface area contributed by atoms with Crippen molar-refractivity contribution in [2.75, 3.05) is 0 Å². The molecule has 0 saturated carbocycles. The highest BCUT2D eigenvalue weighted by Crippen LogP contribution is 2.27. The van der Waals surface area contributed by atoms with Crippen molar-refractivity contribution in [1.82, 2.24) is 9.55 Å². The standard InChI is InChI=1S/C20H24N2/c1-14-10-11-15(2)16(12-14)13-22-18-9-7-6-8-17(18)21-19(22)20(3,4)5/h6-12H,13H2,1-5H3. The maximum Gasteiger partial charge on any atom is 0.115 e. The van der Waals surface area contributed by atoms with Crippen molar-refractivity contribution in [2.24, 2.45) is 0 Å². The molecule has 2 aromatic carbocycles. The van der Waals surface area contributed by atoms with Crippen molar-refractivity contribution in [3.8, 4) is 0 Å². The Morgan fingerprint density at radius 2 is 1.73 bits per heavy atom. The number of fused-ring (bicyclic) bond motifs is 1. The van der Waals surface area contributed by atoms with E-state index >= 15 is 0 Å². The third-order valence-electron chi connectivity index (χ3n) is 4.16. The molecule has 0 saturated heterocycles. The van der Waals surface area contributed by atoms with Gasteiger partial charge in [0.1, 0.15) is 5.82 Å². The van der Waals surface area contributed by atoms with Crippen LogP contribution in [0.2, 0.25) is 0 Å². The van der Waals surface area contributed by atoms with E-state index in [2.05, 4.69) is 81.7 Å². The van der Waals surface area contributed by atoms with Crippen molar-refractivity contribution in [3.63, 3.8) is 0 Å². The second-order valence-electron chi connectivity index (χ2n) is 7.19. The van der Waals surface area contributed by atoms with Crippen LogP contribution < -0.4 is 0 Å². The van der Waals surface area contributed by atoms with E-state index < -0.39 is 0 Å². The minimum absolute atomic E-state index is 0.0246. The van der Waals surface area contributed by atoms with Crippen LogP contribution in [0.4, 0.5) is 0 Å². The first-order valence-electron chi connectivity index (χ1n) is 7.88. The summed E-state index contributed by atoms with van der Waals surface area (Å²) in [6.45, 7) is 11.9. The van der Waals surface area contributed by atoms with Gasteiger partial charge in [-0.3, -0.25) is 0 Å². The number of imidazole rings is 1. The largest absolute Gasteiger partial charge is 0.323 e. The molecule has 0 spiro atoms. The Balaban J connectivity index is 2.18. The van der Waals surface area contributed by atoms with Gasteiger partial charge in [-0.25, -0.2) is 4.98 Å². The summed E-state index contributed by atoms with van der Waals surface area (Å²) in [5.41, 5.74) is 6.34. The summed E-state index contributed by atoms with van der Waals surface area (Å²) in [4.78, 5) is 4.90. The fraction of sp³-hybridized carbons (Fsp3) is 0.350. The summed E-state index contributed by atoms with van der Waals surface area (Å²) in [6.07, 6.45) is 0. The molecule has 0 radical (unpaired) electrons. The summed E-state index contributed by atoms with van der Waals surface area (Å²) in [5, 5.41) is 0. The van der Waals surface area contributed by atoms with E-state index in [0.717, 1.165) is 17.9 Å². The Bertz CT molecular complexity index is 819. The number of nitrogens with zero attached hydrogens (tertiary/aromatic N) is 2. The van der Waals surface area contributed by atoms with Gasteiger partial charge in [-0.2, -0.15) is 0 Å². The van der Waals surface area contributed by atoms with Crippen LogP contribution in [0.1, 0.15) is 43.3 Å². The Kier molecular flexibility index (Phi) is 3.56. The molecule has 2 heteroatoms. The van der Waals surface area contributed by atoms with Crippen LogP contribution in [0, 0.1) is 13.8 Å². The Hall–Kier alpha value is -2.09. The summed E-state index contributed by atoms with van der Waals surface area (Å²) in [6, 6.07) is 15.1. The maximum absolute atomic E-state index is 4.90. The molecule has 0 N–H and O–H groups in total. The summed E-state index contributed by atoms with van der Waals surface area (Å²) < 4.78 is 2.37. The predicted molar refractivity (Wildman–Crippen MR) is 93.5 cm³/mol. The van der Waals surface area contributed by atoms with Crippen molar-refractivity contribution in [3.05, 3.63) is 65.0 Å². The first-order chi connectivity index (χ1) is 10.4. The molecule has 3 aromatic rings. The van der Waals surface area contributed by atoms with Crippen molar-refractivity contribution in [1.29, 1.82) is 0 Å². The molecular weight excluding hydrogens is 268 g/mol. The van der Waals surface area contributed by atoms with Gasteiger partial charge in [0, 0.05) is 12.0 Å². The van der Waals surface area contributed by atoms with Gasteiger partial charge < -0.3 is 4.57 Å². The molecule has 22 heavy (non-hydrogen) atoms. The SMILES string of the molecule is Cc1ccc(C)c(Cn2c(C(C)(C)C)nc3ccccc32)c1. The molecular formula is C20H24N2. The second kappa shape index (κ2) is 5.28. The fourth-order valence-corrected chi connectivity index (χ4v) is 2.95. The molecule has 2 nitrogen and oxygen atoms in total. The highest BCUT2D eigenvalue weighted by Gasteiger charge is 2.23. The molecule has 0 unspecified atom stereocenters. The number of aromatic nitrogens is 2. The minimum Gasteiger partial charge on any atom is -0.323 e. The highest BCUT2D eigenvalue weighted by molar-refractivity contribution is 5.76. The smallest absolute Gasteiger partial charge is 0.115 e. The maximum atomic E-state index is 4.90. The van der Waals surface area contributed by atoms with Gasteiger partial charge in [-0.1, -0.05) is 56.7 Å². The molecule has 0 atom stereocenters. The van der Waals surface area contributed by atoms with Crippen LogP contribution in [0.15, 0.2) is 42.5 Å². The number of hydrogen-bond acceptors (Lipinski definition) is 1. The van der Waals surface area contributed by atoms with E-state index in [1.165, 1.54) is 22.2 Å². The molecule has 3 rings (SSSR count). The van der Waals surface area contributed by atoms with Crippen LogP contribution in [0.5, 0.6) is 0 Å². The molecule has 0 aliphatic heterocycles. The van der Waals surface area contributed by atoms with Gasteiger partial charge in [-0.15, -0.1) is 0 Å². The van der Waals surface area contributed by atoms with Crippen LogP contribution >= 0.6 is 0 Å². The van der Waals surface area contributed by atoms with Crippen LogP contribution in [-0.2, 0) is 12.0 Å². The third kappa shape index (κ3) is 2.66. The number of benzene rings is 2. The molecule has 0 amide bonds. The lowest BCUT2D eigenvalue weighted by molar-refractivity contribution is 0.516. The van der Waals surface area contributed by atoms with Gasteiger partial charge in [0.25, 0.3) is 0 Å². The molecule has 1 aromatic heterocycles. The number of para-hydroxylation sites is 2. The Morgan fingerprint density at radius 3 is 2.45 bits per heavy atom. The normalized spacial score (nSPS) is 12.0. The van der Waals surface area contributed by atoms with E-state index in [-0.39, 0.29) is 5.41 Å². The summed E-state index contributed by atoms with van der Waals surface area (Å²) in [7, 11) is 0. The van der Waals surface area contributed by atoms with E-state index in [1.807, 2.05) is 0 Å². The van der Waals surface area contributed by atoms with Crippen LogP contribution in [-0.4, -0.2) is 9.55 Å². The van der Waals surface area contributed by atoms with E-state index in [0.29, 0.717) is 0 Å². The molecule has 0 bridgehead atoms. The Morgan fingerprint density at radius 1 is 1.00 bits per heavy atom. The fourth-order valence-electron chi connectivity index (χ4n) is 2.95. The van der Waals surface area contributed by atoms with Gasteiger partial charge in [0.05, 0.1) is 11.0 Å². The topological polar surface area (TPSA) is 17.8 Å². The quantitative estimate of drug-likeness (QED) is 0.650. The number of aryl methyl sites for hydroxylation is 2. The van der Waals surface area contributed by atoms with Gasteiger partial charge in [0.15, 0.2) is 0 Å². The van der Waals surface area contributed by atoms with E-state index in [1.54, 1.807) is 0 Å². The third-order valence-corrected chi connectivity index (χ3v) is 4.16. The monoisotopic (exact) mass is 292 g/mol. The first kappa shape index (κ1) is 14.8. The van der Waals surface area contributed by atoms with E-state index in [4.69, 9.17) is 4.98 Å². The van der Waals surface area contributed by atoms with Crippen molar-refractivity contribution < 1.29 is 0 Å². The summed E-state index contributed by atoms with van der Waals surface area (Å²) >= 11 is 0. The van der Waals surface area contributed by atoms with Crippen LogP contribution in [0.25, 0.3) is 11.0 Å². The lowest BCUT2D eigenvalue weighted by Crippen LogP contribution is -2.19. The lowest BCUT2D eigenvalue weighted by atomic mass is 9.95. The van der Waals surface area contributed by atoms with Gasteiger partial charge >= 0.3 is 0 Å². The number of rotatable bonds is 2. The van der Waals surface area contributed by atoms with E-state index in [9.17, 15) is 0 Å². The highest BCUT2D eigenvalue weighted by atomic mass is 15.1. The zero-order valence-electron chi connectivity index (χ0n) is 14.1. The molecule has 0 aliphatic rings. The molecule has 0 fully saturated rings. The summed E-state index contributed by atoms with van der Waals surface area (Å²) in [5.74, 6) is 1.15. The average molecular weight is 292 g/mol. The first-order valence-corrected chi connectivity index (χ1v) is 7.88. The second-order valence-corrected chi connectivity index (χ2v) is 7.19. The zero-order valence-corrected chi connectivity index (χ0v) is 14.1. The Labute approximate surface area is 132 Å². The van der Waals surface area contributed by atoms with Gasteiger partial charge in [0.2, 0.25) is 0 Å². The van der Waals surface area contributed by atoms with Crippen LogP contribution in [0.3, 0.4) is 0 Å². The van der Waals surface area contributed by atoms with Crippen molar-refractivity contribution >= 4 is 11.0 Å². The predicted octanol–water partition coefficient (Wildman–Crippen LogP) is 5.00. The average Bonchev–Trinajstić information content (AvgIpc) is 2.82. The van der Waals surface area contributed by atoms with Gasteiger partial charge in [-0.05, 0) is 37.1 Å². The lowest BCUT2D eigenvalue weighted by Gasteiger charge is -2.21. The number of hydrogen-bond donors (Lipinski definition) is 0. The van der Waals surface area contributed by atoms with Crippen molar-refractivity contribution in [2.45, 2.75) is 46.6 Å². The molecule has 0 aliphatic carbocycles.